The average molecular weight is 210 g/mol. The third kappa shape index (κ3) is 1.07. The Bertz CT molecular complexity index is 442. The van der Waals surface area contributed by atoms with Crippen molar-refractivity contribution in [2.75, 3.05) is 17.7 Å². The molecule has 3 rings (SSSR count). The minimum Gasteiger partial charge on any atom is -0.358 e. The first-order valence-electron chi connectivity index (χ1n) is 4.57. The van der Waals surface area contributed by atoms with Gasteiger partial charge in [0.15, 0.2) is 5.16 Å². The van der Waals surface area contributed by atoms with Crippen LogP contribution in [0.1, 0.15) is 5.56 Å². The van der Waals surface area contributed by atoms with Crippen molar-refractivity contribution in [1.82, 2.24) is 14.9 Å². The SMILES string of the molecule is O=c1nc2n(c3c1CNCN3)CCS2. The summed E-state index contributed by atoms with van der Waals surface area (Å²) in [4.78, 5) is 15.7. The maximum Gasteiger partial charge on any atom is 0.280 e. The van der Waals surface area contributed by atoms with Crippen LogP contribution < -0.4 is 16.2 Å². The number of nitrogens with one attached hydrogen (secondary N) is 2. The molecule has 74 valence electrons. The topological polar surface area (TPSA) is 59.0 Å². The van der Waals surface area contributed by atoms with E-state index in [1.807, 2.05) is 0 Å². The Hall–Kier alpha value is -1.01. The van der Waals surface area contributed by atoms with E-state index in [0.717, 1.165) is 35.5 Å². The first kappa shape index (κ1) is 8.31. The summed E-state index contributed by atoms with van der Waals surface area (Å²) in [5, 5.41) is 7.15. The third-order valence-electron chi connectivity index (χ3n) is 2.47. The fraction of sp³-hybridized carbons (Fsp3) is 0.500. The summed E-state index contributed by atoms with van der Waals surface area (Å²) in [6, 6.07) is 0. The number of hydrogen-bond acceptors (Lipinski definition) is 5. The van der Waals surface area contributed by atoms with E-state index < -0.39 is 0 Å². The van der Waals surface area contributed by atoms with Gasteiger partial charge in [-0.2, -0.15) is 4.98 Å². The van der Waals surface area contributed by atoms with Gasteiger partial charge in [0.2, 0.25) is 0 Å². The molecule has 0 fully saturated rings. The summed E-state index contributed by atoms with van der Waals surface area (Å²) in [5.41, 5.74) is 0.669. The molecule has 0 saturated heterocycles. The van der Waals surface area contributed by atoms with Crippen LogP contribution in [0, 0.1) is 0 Å². The van der Waals surface area contributed by atoms with Gasteiger partial charge < -0.3 is 9.88 Å². The van der Waals surface area contributed by atoms with Crippen LogP contribution in [0.3, 0.4) is 0 Å². The molecule has 1 aromatic heterocycles. The molecule has 0 bridgehead atoms. The highest BCUT2D eigenvalue weighted by Gasteiger charge is 2.22. The number of thioether (sulfide) groups is 1. The molecule has 2 N–H and O–H groups in total. The van der Waals surface area contributed by atoms with Crippen LogP contribution in [-0.4, -0.2) is 22.0 Å². The molecule has 6 heteroatoms. The smallest absolute Gasteiger partial charge is 0.280 e. The molecule has 0 aliphatic carbocycles. The zero-order valence-electron chi connectivity index (χ0n) is 7.54. The second-order valence-corrected chi connectivity index (χ2v) is 4.37. The lowest BCUT2D eigenvalue weighted by molar-refractivity contribution is 0.616. The summed E-state index contributed by atoms with van der Waals surface area (Å²) >= 11 is 1.65. The van der Waals surface area contributed by atoms with Crippen molar-refractivity contribution in [3.63, 3.8) is 0 Å². The quantitative estimate of drug-likeness (QED) is 0.582. The number of hydrogen-bond donors (Lipinski definition) is 2. The van der Waals surface area contributed by atoms with Gasteiger partial charge in [-0.15, -0.1) is 0 Å². The summed E-state index contributed by atoms with van der Waals surface area (Å²) in [7, 11) is 0. The molecule has 2 aliphatic heterocycles. The molecule has 1 aromatic rings. The monoisotopic (exact) mass is 210 g/mol. The van der Waals surface area contributed by atoms with Gasteiger partial charge in [0.1, 0.15) is 5.82 Å². The first-order chi connectivity index (χ1) is 6.86. The second-order valence-electron chi connectivity index (χ2n) is 3.31. The zero-order valence-corrected chi connectivity index (χ0v) is 8.36. The Morgan fingerprint density at radius 1 is 1.50 bits per heavy atom. The van der Waals surface area contributed by atoms with Gasteiger partial charge in [0.05, 0.1) is 12.2 Å². The molecule has 0 radical (unpaired) electrons. The van der Waals surface area contributed by atoms with Crippen LogP contribution >= 0.6 is 11.8 Å². The fourth-order valence-electron chi connectivity index (χ4n) is 1.82. The van der Waals surface area contributed by atoms with Crippen LogP contribution in [0.4, 0.5) is 5.82 Å². The standard InChI is InChI=1S/C8H10N4OS/c13-7-5-3-9-4-10-6(5)12-1-2-14-8(12)11-7/h9-10H,1-4H2. The van der Waals surface area contributed by atoms with Gasteiger partial charge in [-0.25, -0.2) is 0 Å². The largest absolute Gasteiger partial charge is 0.358 e. The van der Waals surface area contributed by atoms with Gasteiger partial charge >= 0.3 is 0 Å². The van der Waals surface area contributed by atoms with E-state index in [0.29, 0.717) is 6.54 Å². The number of anilines is 1. The molecule has 0 spiro atoms. The molecule has 0 saturated carbocycles. The minimum atomic E-state index is -0.0969. The van der Waals surface area contributed by atoms with Crippen LogP contribution in [0.5, 0.6) is 0 Å². The van der Waals surface area contributed by atoms with Crippen LogP contribution in [0.25, 0.3) is 0 Å². The number of nitrogens with zero attached hydrogens (tertiary/aromatic N) is 2. The van der Waals surface area contributed by atoms with E-state index in [9.17, 15) is 4.79 Å². The van der Waals surface area contributed by atoms with E-state index >= 15 is 0 Å². The van der Waals surface area contributed by atoms with Crippen molar-refractivity contribution < 1.29 is 0 Å². The molecule has 0 aromatic carbocycles. The first-order valence-corrected chi connectivity index (χ1v) is 5.56. The zero-order chi connectivity index (χ0) is 9.54. The average Bonchev–Trinajstić information content (AvgIpc) is 2.66. The van der Waals surface area contributed by atoms with Crippen LogP contribution in [0.15, 0.2) is 9.95 Å². The van der Waals surface area contributed by atoms with Crippen molar-refractivity contribution in [2.24, 2.45) is 0 Å². The Morgan fingerprint density at radius 3 is 3.36 bits per heavy atom. The molecule has 5 nitrogen and oxygen atoms in total. The van der Waals surface area contributed by atoms with E-state index in [1.165, 1.54) is 0 Å². The fourth-order valence-corrected chi connectivity index (χ4v) is 2.76. The molecule has 0 unspecified atom stereocenters. The maximum absolute atomic E-state index is 11.6. The van der Waals surface area contributed by atoms with Gasteiger partial charge in [0.25, 0.3) is 5.56 Å². The van der Waals surface area contributed by atoms with E-state index in [1.54, 1.807) is 11.8 Å². The van der Waals surface area contributed by atoms with Crippen molar-refractivity contribution in [1.29, 1.82) is 0 Å². The number of aromatic nitrogens is 2. The molecular formula is C8H10N4OS. The molecule has 2 aliphatic rings. The lowest BCUT2D eigenvalue weighted by Crippen LogP contribution is -2.35. The van der Waals surface area contributed by atoms with Gasteiger partial charge in [-0.05, 0) is 0 Å². The highest BCUT2D eigenvalue weighted by Crippen LogP contribution is 2.28. The van der Waals surface area contributed by atoms with Crippen molar-refractivity contribution in [3.8, 4) is 0 Å². The highest BCUT2D eigenvalue weighted by atomic mass is 32.2. The molecule has 3 heterocycles. The Kier molecular flexibility index (Phi) is 1.78. The van der Waals surface area contributed by atoms with Crippen molar-refractivity contribution >= 4 is 17.6 Å². The van der Waals surface area contributed by atoms with Crippen LogP contribution in [0.2, 0.25) is 0 Å². The van der Waals surface area contributed by atoms with Crippen LogP contribution in [-0.2, 0) is 13.1 Å². The summed E-state index contributed by atoms with van der Waals surface area (Å²) in [6.45, 7) is 2.29. The van der Waals surface area contributed by atoms with E-state index in [4.69, 9.17) is 0 Å². The van der Waals surface area contributed by atoms with Crippen molar-refractivity contribution in [3.05, 3.63) is 15.9 Å². The Balaban J connectivity index is 2.28. The predicted molar refractivity (Wildman–Crippen MR) is 54.6 cm³/mol. The second kappa shape index (κ2) is 2.99. The highest BCUT2D eigenvalue weighted by molar-refractivity contribution is 7.99. The van der Waals surface area contributed by atoms with Gasteiger partial charge in [-0.3, -0.25) is 10.1 Å². The molecule has 0 amide bonds. The number of fused-ring (bicyclic) bond motifs is 3. The summed E-state index contributed by atoms with van der Waals surface area (Å²) in [5.74, 6) is 1.97. The molecule has 14 heavy (non-hydrogen) atoms. The number of rotatable bonds is 0. The van der Waals surface area contributed by atoms with Crippen molar-refractivity contribution in [2.45, 2.75) is 18.2 Å². The third-order valence-corrected chi connectivity index (χ3v) is 3.43. The lowest BCUT2D eigenvalue weighted by atomic mass is 10.2. The predicted octanol–water partition coefficient (Wildman–Crippen LogP) is -0.178. The van der Waals surface area contributed by atoms with E-state index in [-0.39, 0.29) is 5.56 Å². The minimum absolute atomic E-state index is 0.0969. The van der Waals surface area contributed by atoms with Gasteiger partial charge in [0, 0.05) is 18.8 Å². The lowest BCUT2D eigenvalue weighted by Gasteiger charge is -2.21. The van der Waals surface area contributed by atoms with E-state index in [2.05, 4.69) is 20.2 Å². The molecule has 0 atom stereocenters. The maximum atomic E-state index is 11.6. The normalized spacial score (nSPS) is 18.6. The Morgan fingerprint density at radius 2 is 2.43 bits per heavy atom. The Labute approximate surface area is 84.9 Å². The summed E-state index contributed by atoms with van der Waals surface area (Å²) in [6.07, 6.45) is 0. The summed E-state index contributed by atoms with van der Waals surface area (Å²) < 4.78 is 2.10. The molecular weight excluding hydrogens is 200 g/mol. The van der Waals surface area contributed by atoms with Gasteiger partial charge in [-0.1, -0.05) is 11.8 Å².